The van der Waals surface area contributed by atoms with E-state index < -0.39 is 11.6 Å². The second-order valence-electron chi connectivity index (χ2n) is 4.23. The average molecular weight is 216 g/mol. The third kappa shape index (κ3) is 3.47. The third-order valence-electron chi connectivity index (χ3n) is 2.79. The number of rotatable bonds is 6. The van der Waals surface area contributed by atoms with E-state index in [0.717, 1.165) is 25.9 Å². The van der Waals surface area contributed by atoms with Gasteiger partial charge in [0.25, 0.3) is 0 Å². The second kappa shape index (κ2) is 5.47. The zero-order valence-electron chi connectivity index (χ0n) is 9.49. The van der Waals surface area contributed by atoms with Crippen molar-refractivity contribution in [2.75, 3.05) is 13.2 Å². The summed E-state index contributed by atoms with van der Waals surface area (Å²) in [6.07, 6.45) is 3.44. The molecule has 4 nitrogen and oxygen atoms in total. The Balaban J connectivity index is 2.40. The molecule has 2 atom stereocenters. The van der Waals surface area contributed by atoms with Gasteiger partial charge in [-0.15, -0.1) is 0 Å². The Labute approximate surface area is 90.6 Å². The molecule has 1 fully saturated rings. The fourth-order valence-electron chi connectivity index (χ4n) is 1.77. The zero-order valence-corrected chi connectivity index (χ0v) is 9.49. The van der Waals surface area contributed by atoms with Crippen molar-refractivity contribution in [2.24, 2.45) is 0 Å². The second-order valence-corrected chi connectivity index (χ2v) is 4.23. The van der Waals surface area contributed by atoms with Gasteiger partial charge in [0.1, 0.15) is 0 Å². The van der Waals surface area contributed by atoms with Crippen LogP contribution in [0.5, 0.6) is 0 Å². The molecule has 15 heavy (non-hydrogen) atoms. The summed E-state index contributed by atoms with van der Waals surface area (Å²) in [4.78, 5) is 11.1. The zero-order chi connectivity index (χ0) is 11.3. The lowest BCUT2D eigenvalue weighted by Gasteiger charge is -2.26. The molecule has 1 aliphatic rings. The summed E-state index contributed by atoms with van der Waals surface area (Å²) in [6.45, 7) is 4.75. The summed E-state index contributed by atoms with van der Waals surface area (Å²) >= 11 is 0. The molecule has 1 saturated heterocycles. The summed E-state index contributed by atoms with van der Waals surface area (Å²) in [5.41, 5.74) is -1.05. The Kier molecular flexibility index (Phi) is 4.54. The largest absolute Gasteiger partial charge is 0.479 e. The first-order valence-corrected chi connectivity index (χ1v) is 5.57. The van der Waals surface area contributed by atoms with Crippen molar-refractivity contribution in [2.45, 2.75) is 51.2 Å². The maximum atomic E-state index is 11.1. The fraction of sp³-hybridized carbons (Fsp3) is 0.909. The lowest BCUT2D eigenvalue weighted by molar-refractivity contribution is -0.168. The maximum Gasteiger partial charge on any atom is 0.335 e. The standard InChI is InChI=1S/C11H20O4/c1-3-6-11(2,10(12)13)15-8-9-5-4-7-14-9/h9H,3-8H2,1-2H3,(H,12,13). The van der Waals surface area contributed by atoms with Crippen molar-refractivity contribution in [3.05, 3.63) is 0 Å². The van der Waals surface area contributed by atoms with Crippen LogP contribution in [0.3, 0.4) is 0 Å². The van der Waals surface area contributed by atoms with Gasteiger partial charge in [0.2, 0.25) is 0 Å². The summed E-state index contributed by atoms with van der Waals surface area (Å²) in [5, 5.41) is 9.07. The smallest absolute Gasteiger partial charge is 0.335 e. The van der Waals surface area contributed by atoms with Gasteiger partial charge >= 0.3 is 5.97 Å². The lowest BCUT2D eigenvalue weighted by Crippen LogP contribution is -2.40. The van der Waals surface area contributed by atoms with Gasteiger partial charge < -0.3 is 14.6 Å². The van der Waals surface area contributed by atoms with Crippen LogP contribution in [-0.4, -0.2) is 36.0 Å². The van der Waals surface area contributed by atoms with Gasteiger partial charge in [-0.05, 0) is 26.2 Å². The first-order chi connectivity index (χ1) is 7.08. The van der Waals surface area contributed by atoms with Crippen LogP contribution in [0.2, 0.25) is 0 Å². The number of aliphatic carboxylic acids is 1. The van der Waals surface area contributed by atoms with Gasteiger partial charge in [-0.1, -0.05) is 13.3 Å². The van der Waals surface area contributed by atoms with E-state index in [0.29, 0.717) is 13.0 Å². The van der Waals surface area contributed by atoms with Gasteiger partial charge in [-0.2, -0.15) is 0 Å². The number of ether oxygens (including phenoxy) is 2. The summed E-state index contributed by atoms with van der Waals surface area (Å²) < 4.78 is 10.9. The molecule has 2 unspecified atom stereocenters. The van der Waals surface area contributed by atoms with Gasteiger partial charge in [-0.3, -0.25) is 0 Å². The van der Waals surface area contributed by atoms with Gasteiger partial charge in [0.15, 0.2) is 5.60 Å². The Morgan fingerprint density at radius 1 is 1.67 bits per heavy atom. The van der Waals surface area contributed by atoms with E-state index >= 15 is 0 Å². The highest BCUT2D eigenvalue weighted by Gasteiger charge is 2.34. The summed E-state index contributed by atoms with van der Waals surface area (Å²) in [7, 11) is 0. The van der Waals surface area contributed by atoms with Crippen LogP contribution in [0.4, 0.5) is 0 Å². The minimum absolute atomic E-state index is 0.0838. The van der Waals surface area contributed by atoms with E-state index in [9.17, 15) is 4.79 Å². The number of carboxylic acids is 1. The number of hydrogen-bond acceptors (Lipinski definition) is 3. The number of carboxylic acid groups (broad SMARTS) is 1. The molecular formula is C11H20O4. The van der Waals surface area contributed by atoms with E-state index in [2.05, 4.69) is 0 Å². The highest BCUT2D eigenvalue weighted by Crippen LogP contribution is 2.21. The van der Waals surface area contributed by atoms with Crippen LogP contribution in [0, 0.1) is 0 Å². The highest BCUT2D eigenvalue weighted by atomic mass is 16.6. The fourth-order valence-corrected chi connectivity index (χ4v) is 1.77. The lowest BCUT2D eigenvalue weighted by atomic mass is 10.0. The van der Waals surface area contributed by atoms with Crippen LogP contribution < -0.4 is 0 Å². The normalized spacial score (nSPS) is 25.1. The van der Waals surface area contributed by atoms with Crippen molar-refractivity contribution in [1.82, 2.24) is 0 Å². The van der Waals surface area contributed by atoms with E-state index in [1.165, 1.54) is 0 Å². The first-order valence-electron chi connectivity index (χ1n) is 5.57. The van der Waals surface area contributed by atoms with Crippen LogP contribution >= 0.6 is 0 Å². The molecule has 1 rings (SSSR count). The Bertz CT molecular complexity index is 211. The van der Waals surface area contributed by atoms with E-state index in [1.807, 2.05) is 6.92 Å². The van der Waals surface area contributed by atoms with Gasteiger partial charge in [-0.25, -0.2) is 4.79 Å². The molecule has 88 valence electrons. The molecule has 0 radical (unpaired) electrons. The monoisotopic (exact) mass is 216 g/mol. The molecule has 1 aliphatic heterocycles. The predicted molar refractivity (Wildman–Crippen MR) is 55.9 cm³/mol. The molecule has 1 heterocycles. The minimum atomic E-state index is -1.05. The quantitative estimate of drug-likeness (QED) is 0.736. The molecular weight excluding hydrogens is 196 g/mol. The molecule has 0 aromatic carbocycles. The van der Waals surface area contributed by atoms with Crippen molar-refractivity contribution in [3.63, 3.8) is 0 Å². The van der Waals surface area contributed by atoms with E-state index in [1.54, 1.807) is 6.92 Å². The molecule has 4 heteroatoms. The van der Waals surface area contributed by atoms with E-state index in [-0.39, 0.29) is 6.10 Å². The number of hydrogen-bond donors (Lipinski definition) is 1. The molecule has 0 bridgehead atoms. The molecule has 0 aromatic rings. The van der Waals surface area contributed by atoms with Crippen molar-refractivity contribution in [1.29, 1.82) is 0 Å². The molecule has 0 aliphatic carbocycles. The van der Waals surface area contributed by atoms with Crippen LogP contribution in [0.25, 0.3) is 0 Å². The highest BCUT2D eigenvalue weighted by molar-refractivity contribution is 5.76. The van der Waals surface area contributed by atoms with Crippen LogP contribution in [0.1, 0.15) is 39.5 Å². The summed E-state index contributed by atoms with van der Waals surface area (Å²) in [6, 6.07) is 0. The van der Waals surface area contributed by atoms with E-state index in [4.69, 9.17) is 14.6 Å². The van der Waals surface area contributed by atoms with Crippen LogP contribution in [0.15, 0.2) is 0 Å². The third-order valence-corrected chi connectivity index (χ3v) is 2.79. The average Bonchev–Trinajstić information content (AvgIpc) is 2.67. The van der Waals surface area contributed by atoms with Crippen molar-refractivity contribution >= 4 is 5.97 Å². The Morgan fingerprint density at radius 3 is 2.87 bits per heavy atom. The summed E-state index contributed by atoms with van der Waals surface area (Å²) in [5.74, 6) is -0.887. The molecule has 0 amide bonds. The van der Waals surface area contributed by atoms with Gasteiger partial charge in [0.05, 0.1) is 12.7 Å². The topological polar surface area (TPSA) is 55.8 Å². The predicted octanol–water partition coefficient (Wildman–Crippen LogP) is 1.83. The number of carbonyl (C=O) groups is 1. The molecule has 0 aromatic heterocycles. The Morgan fingerprint density at radius 2 is 2.40 bits per heavy atom. The Hall–Kier alpha value is -0.610. The van der Waals surface area contributed by atoms with Crippen molar-refractivity contribution < 1.29 is 19.4 Å². The minimum Gasteiger partial charge on any atom is -0.479 e. The molecule has 1 N–H and O–H groups in total. The van der Waals surface area contributed by atoms with Gasteiger partial charge in [0, 0.05) is 6.61 Å². The van der Waals surface area contributed by atoms with Crippen molar-refractivity contribution in [3.8, 4) is 0 Å². The SMILES string of the molecule is CCCC(C)(OCC1CCCO1)C(=O)O. The molecule has 0 spiro atoms. The maximum absolute atomic E-state index is 11.1. The van der Waals surface area contributed by atoms with Crippen LogP contribution in [-0.2, 0) is 14.3 Å². The molecule has 0 saturated carbocycles. The first kappa shape index (κ1) is 12.5.